The van der Waals surface area contributed by atoms with Crippen molar-refractivity contribution in [3.05, 3.63) is 29.8 Å². The van der Waals surface area contributed by atoms with E-state index in [2.05, 4.69) is 4.74 Å². The highest BCUT2D eigenvalue weighted by molar-refractivity contribution is 5.28. The maximum absolute atomic E-state index is 12.1. The minimum Gasteiger partial charge on any atom is -0.406 e. The fourth-order valence-electron chi connectivity index (χ4n) is 2.98. The molecule has 2 atom stereocenters. The first-order valence-corrected chi connectivity index (χ1v) is 6.88. The first-order valence-electron chi connectivity index (χ1n) is 6.88. The molecule has 1 aliphatic rings. The van der Waals surface area contributed by atoms with Crippen LogP contribution in [0.4, 0.5) is 13.2 Å². The summed E-state index contributed by atoms with van der Waals surface area (Å²) < 4.78 is 45.7. The number of benzene rings is 1. The maximum Gasteiger partial charge on any atom is 0.573 e. The molecule has 2 unspecified atom stereocenters. The van der Waals surface area contributed by atoms with Crippen LogP contribution in [-0.4, -0.2) is 29.3 Å². The first-order chi connectivity index (χ1) is 9.65. The summed E-state index contributed by atoms with van der Waals surface area (Å²) in [6.45, 7) is 3.81. The second-order valence-corrected chi connectivity index (χ2v) is 5.76. The van der Waals surface area contributed by atoms with Crippen LogP contribution in [0, 0.1) is 0 Å². The van der Waals surface area contributed by atoms with Crippen molar-refractivity contribution in [2.45, 2.75) is 57.3 Å². The van der Waals surface area contributed by atoms with Gasteiger partial charge in [0.25, 0.3) is 0 Å². The molecular weight excluding hydrogens is 285 g/mol. The van der Waals surface area contributed by atoms with Gasteiger partial charge in [-0.25, -0.2) is 0 Å². The number of aliphatic hydroxyl groups is 1. The molecule has 0 bridgehead atoms. The van der Waals surface area contributed by atoms with Gasteiger partial charge in [-0.3, -0.25) is 0 Å². The van der Waals surface area contributed by atoms with Crippen molar-refractivity contribution in [1.82, 2.24) is 0 Å². The molecule has 2 rings (SSSR count). The predicted molar refractivity (Wildman–Crippen MR) is 71.0 cm³/mol. The van der Waals surface area contributed by atoms with E-state index in [1.54, 1.807) is 12.1 Å². The van der Waals surface area contributed by atoms with Crippen molar-refractivity contribution in [3.63, 3.8) is 0 Å². The third kappa shape index (κ3) is 4.89. The summed E-state index contributed by atoms with van der Waals surface area (Å²) in [7, 11) is 0. The number of hydrogen-bond donors (Lipinski definition) is 1. The van der Waals surface area contributed by atoms with Crippen LogP contribution in [0.25, 0.3) is 0 Å². The highest BCUT2D eigenvalue weighted by Crippen LogP contribution is 2.32. The molecule has 0 radical (unpaired) electrons. The molecule has 1 heterocycles. The lowest BCUT2D eigenvalue weighted by molar-refractivity contribution is -0.274. The lowest BCUT2D eigenvalue weighted by Crippen LogP contribution is -2.44. The normalized spacial score (nSPS) is 30.2. The number of alkyl halides is 3. The highest BCUT2D eigenvalue weighted by Gasteiger charge is 2.37. The van der Waals surface area contributed by atoms with Gasteiger partial charge in [0.05, 0.1) is 17.8 Å². The average Bonchev–Trinajstić information content (AvgIpc) is 2.27. The molecule has 0 aromatic heterocycles. The third-order valence-electron chi connectivity index (χ3n) is 3.49. The van der Waals surface area contributed by atoms with Crippen molar-refractivity contribution in [1.29, 1.82) is 0 Å². The van der Waals surface area contributed by atoms with Crippen LogP contribution in [0.2, 0.25) is 0 Å². The van der Waals surface area contributed by atoms with Crippen LogP contribution < -0.4 is 4.74 Å². The van der Waals surface area contributed by atoms with Gasteiger partial charge in [0.2, 0.25) is 0 Å². The molecule has 1 aromatic rings. The Balaban J connectivity index is 2.02. The molecule has 118 valence electrons. The average molecular weight is 304 g/mol. The van der Waals surface area contributed by atoms with Gasteiger partial charge in [0, 0.05) is 19.3 Å². The lowest BCUT2D eigenvalue weighted by atomic mass is 9.82. The Morgan fingerprint density at radius 2 is 1.71 bits per heavy atom. The van der Waals surface area contributed by atoms with Crippen molar-refractivity contribution < 1.29 is 27.8 Å². The van der Waals surface area contributed by atoms with E-state index in [1.807, 2.05) is 13.8 Å². The van der Waals surface area contributed by atoms with Gasteiger partial charge in [-0.2, -0.15) is 0 Å². The molecule has 1 fully saturated rings. The van der Waals surface area contributed by atoms with E-state index in [9.17, 15) is 18.3 Å². The molecule has 1 saturated heterocycles. The van der Waals surface area contributed by atoms with Gasteiger partial charge in [0.15, 0.2) is 0 Å². The topological polar surface area (TPSA) is 38.7 Å². The number of rotatable bonds is 3. The van der Waals surface area contributed by atoms with Crippen LogP contribution >= 0.6 is 0 Å². The minimum atomic E-state index is -4.69. The summed E-state index contributed by atoms with van der Waals surface area (Å²) in [5.41, 5.74) is -0.114. The highest BCUT2D eigenvalue weighted by atomic mass is 19.4. The van der Waals surface area contributed by atoms with E-state index >= 15 is 0 Å². The molecule has 0 saturated carbocycles. The molecule has 1 N–H and O–H groups in total. The fraction of sp³-hybridized carbons (Fsp3) is 0.600. The van der Waals surface area contributed by atoms with Gasteiger partial charge < -0.3 is 14.6 Å². The van der Waals surface area contributed by atoms with Gasteiger partial charge in [-0.05, 0) is 31.5 Å². The molecule has 1 aliphatic heterocycles. The Hall–Kier alpha value is -1.27. The lowest BCUT2D eigenvalue weighted by Gasteiger charge is -2.39. The molecular formula is C15H19F3O3. The zero-order chi connectivity index (χ0) is 15.7. The number of ether oxygens (including phenoxy) is 2. The van der Waals surface area contributed by atoms with E-state index in [4.69, 9.17) is 4.74 Å². The summed E-state index contributed by atoms with van der Waals surface area (Å²) in [6.07, 6.45) is -3.35. The van der Waals surface area contributed by atoms with Crippen molar-refractivity contribution in [2.75, 3.05) is 0 Å². The SMILES string of the molecule is CC1CC(O)(Cc2ccc(OC(F)(F)F)cc2)CC(C)O1. The summed E-state index contributed by atoms with van der Waals surface area (Å²) in [6, 6.07) is 5.62. The van der Waals surface area contributed by atoms with Crippen LogP contribution in [0.5, 0.6) is 5.75 Å². The molecule has 1 aromatic carbocycles. The first kappa shape index (κ1) is 16.1. The standard InChI is InChI=1S/C15H19F3O3/c1-10-7-14(19,8-11(2)20-10)9-12-3-5-13(6-4-12)21-15(16,17)18/h3-6,10-11,19H,7-9H2,1-2H3. The van der Waals surface area contributed by atoms with E-state index < -0.39 is 12.0 Å². The largest absolute Gasteiger partial charge is 0.573 e. The number of hydrogen-bond acceptors (Lipinski definition) is 3. The Morgan fingerprint density at radius 1 is 1.19 bits per heavy atom. The minimum absolute atomic E-state index is 0.0356. The van der Waals surface area contributed by atoms with Gasteiger partial charge in [0.1, 0.15) is 5.75 Å². The molecule has 0 amide bonds. The Kier molecular flexibility index (Phi) is 4.49. The number of halogens is 3. The van der Waals surface area contributed by atoms with Gasteiger partial charge >= 0.3 is 6.36 Å². The molecule has 0 spiro atoms. The molecule has 0 aliphatic carbocycles. The van der Waals surface area contributed by atoms with Gasteiger partial charge in [-0.15, -0.1) is 13.2 Å². The van der Waals surface area contributed by atoms with E-state index in [1.165, 1.54) is 12.1 Å². The smallest absolute Gasteiger partial charge is 0.406 e. The summed E-state index contributed by atoms with van der Waals surface area (Å²) in [5, 5.41) is 10.6. The van der Waals surface area contributed by atoms with E-state index in [0.29, 0.717) is 19.3 Å². The van der Waals surface area contributed by atoms with Gasteiger partial charge in [-0.1, -0.05) is 12.1 Å². The summed E-state index contributed by atoms with van der Waals surface area (Å²) in [5.74, 6) is -0.257. The van der Waals surface area contributed by atoms with Crippen LogP contribution in [-0.2, 0) is 11.2 Å². The van der Waals surface area contributed by atoms with Crippen molar-refractivity contribution in [2.24, 2.45) is 0 Å². The summed E-state index contributed by atoms with van der Waals surface area (Å²) >= 11 is 0. The second-order valence-electron chi connectivity index (χ2n) is 5.76. The predicted octanol–water partition coefficient (Wildman–Crippen LogP) is 3.45. The van der Waals surface area contributed by atoms with Crippen LogP contribution in [0.15, 0.2) is 24.3 Å². The summed E-state index contributed by atoms with van der Waals surface area (Å²) in [4.78, 5) is 0. The quantitative estimate of drug-likeness (QED) is 0.929. The Bertz CT molecular complexity index is 460. The van der Waals surface area contributed by atoms with E-state index in [0.717, 1.165) is 5.56 Å². The molecule has 6 heteroatoms. The van der Waals surface area contributed by atoms with E-state index in [-0.39, 0.29) is 18.0 Å². The van der Waals surface area contributed by atoms with Crippen LogP contribution in [0.3, 0.4) is 0 Å². The molecule has 21 heavy (non-hydrogen) atoms. The Labute approximate surface area is 121 Å². The zero-order valence-electron chi connectivity index (χ0n) is 12.0. The Morgan fingerprint density at radius 3 is 2.19 bits per heavy atom. The molecule has 3 nitrogen and oxygen atoms in total. The fourth-order valence-corrected chi connectivity index (χ4v) is 2.98. The van der Waals surface area contributed by atoms with Crippen molar-refractivity contribution >= 4 is 0 Å². The maximum atomic E-state index is 12.1. The third-order valence-corrected chi connectivity index (χ3v) is 3.49. The van der Waals surface area contributed by atoms with Crippen LogP contribution in [0.1, 0.15) is 32.3 Å². The monoisotopic (exact) mass is 304 g/mol. The van der Waals surface area contributed by atoms with Crippen molar-refractivity contribution in [3.8, 4) is 5.75 Å². The second kappa shape index (κ2) is 5.85. The zero-order valence-corrected chi connectivity index (χ0v) is 12.0.